The van der Waals surface area contributed by atoms with E-state index in [1.807, 2.05) is 0 Å². The Morgan fingerprint density at radius 3 is 2.27 bits per heavy atom. The molecule has 0 unspecified atom stereocenters. The van der Waals surface area contributed by atoms with Gasteiger partial charge >= 0.3 is 0 Å². The average Bonchev–Trinajstić information content (AvgIpc) is 2.10. The molecule has 0 aromatic heterocycles. The number of methoxy groups -OCH3 is 1. The Bertz CT molecular complexity index is 352. The van der Waals surface area contributed by atoms with Gasteiger partial charge < -0.3 is 4.74 Å². The predicted molar refractivity (Wildman–Crippen MR) is 51.5 cm³/mol. The van der Waals surface area contributed by atoms with Gasteiger partial charge in [-0.2, -0.15) is 0 Å². The minimum absolute atomic E-state index is 0.0428. The van der Waals surface area contributed by atoms with E-state index in [0.717, 1.165) is 0 Å². The molecule has 1 aromatic rings. The lowest BCUT2D eigenvalue weighted by atomic mass is 10.1. The minimum Gasteiger partial charge on any atom is -0.380 e. The smallest absolute Gasteiger partial charge is 0.134 e. The molecule has 0 atom stereocenters. The van der Waals surface area contributed by atoms with Crippen LogP contribution in [0.1, 0.15) is 18.1 Å². The molecule has 0 saturated heterocycles. The summed E-state index contributed by atoms with van der Waals surface area (Å²) in [6, 6.07) is 2.33. The number of carbonyl (C=O) groups excluding carboxylic acids is 1. The fraction of sp³-hybridized carbons (Fsp3) is 0.364. The first kappa shape index (κ1) is 11.8. The van der Waals surface area contributed by atoms with Gasteiger partial charge in [0.2, 0.25) is 0 Å². The highest BCUT2D eigenvalue weighted by Crippen LogP contribution is 2.16. The lowest BCUT2D eigenvalue weighted by Crippen LogP contribution is -2.03. The van der Waals surface area contributed by atoms with E-state index in [-0.39, 0.29) is 24.4 Å². The van der Waals surface area contributed by atoms with Gasteiger partial charge in [-0.05, 0) is 24.6 Å². The second-order valence-electron chi connectivity index (χ2n) is 3.35. The van der Waals surface area contributed by atoms with Crippen molar-refractivity contribution in [2.24, 2.45) is 0 Å². The van der Waals surface area contributed by atoms with Gasteiger partial charge in [0.15, 0.2) is 0 Å². The molecule has 0 heterocycles. The zero-order valence-corrected chi connectivity index (χ0v) is 8.64. The van der Waals surface area contributed by atoms with Gasteiger partial charge in [0, 0.05) is 19.1 Å². The first-order chi connectivity index (χ1) is 7.04. The largest absolute Gasteiger partial charge is 0.380 e. The normalized spacial score (nSPS) is 10.4. The van der Waals surface area contributed by atoms with Crippen LogP contribution in [-0.4, -0.2) is 12.9 Å². The summed E-state index contributed by atoms with van der Waals surface area (Å²) in [4.78, 5) is 10.8. The number of carbonyl (C=O) groups is 1. The average molecular weight is 214 g/mol. The molecule has 1 aromatic carbocycles. The molecule has 1 rings (SSSR count). The van der Waals surface area contributed by atoms with E-state index >= 15 is 0 Å². The molecular weight excluding hydrogens is 202 g/mol. The van der Waals surface area contributed by atoms with Crippen molar-refractivity contribution in [2.75, 3.05) is 7.11 Å². The lowest BCUT2D eigenvalue weighted by molar-refractivity contribution is -0.116. The van der Waals surface area contributed by atoms with Crippen LogP contribution < -0.4 is 0 Å². The fourth-order valence-electron chi connectivity index (χ4n) is 1.33. The van der Waals surface area contributed by atoms with E-state index in [0.29, 0.717) is 5.56 Å². The molecule has 2 nitrogen and oxygen atoms in total. The molecule has 0 aliphatic rings. The Morgan fingerprint density at radius 1 is 1.33 bits per heavy atom. The highest BCUT2D eigenvalue weighted by atomic mass is 19.1. The van der Waals surface area contributed by atoms with E-state index in [1.54, 1.807) is 0 Å². The SMILES string of the molecule is COCc1c(F)cc(CC(C)=O)cc1F. The standard InChI is InChI=1S/C11H12F2O2/c1-7(14)3-8-4-10(12)9(6-15-2)11(13)5-8/h4-5H,3,6H2,1-2H3. The molecule has 0 fully saturated rings. The van der Waals surface area contributed by atoms with E-state index in [1.165, 1.54) is 26.2 Å². The summed E-state index contributed by atoms with van der Waals surface area (Å²) in [6.45, 7) is 1.26. The van der Waals surface area contributed by atoms with Crippen molar-refractivity contribution in [1.82, 2.24) is 0 Å². The molecule has 0 aliphatic carbocycles. The van der Waals surface area contributed by atoms with Gasteiger partial charge in [0.25, 0.3) is 0 Å². The zero-order chi connectivity index (χ0) is 11.4. The molecule has 0 N–H and O–H groups in total. The summed E-state index contributed by atoms with van der Waals surface area (Å²) in [5.41, 5.74) is 0.238. The third-order valence-electron chi connectivity index (χ3n) is 1.94. The van der Waals surface area contributed by atoms with Crippen molar-refractivity contribution in [3.63, 3.8) is 0 Å². The van der Waals surface area contributed by atoms with Gasteiger partial charge in [-0.1, -0.05) is 0 Å². The van der Waals surface area contributed by atoms with E-state index in [2.05, 4.69) is 4.74 Å². The maximum atomic E-state index is 13.3. The second-order valence-corrected chi connectivity index (χ2v) is 3.35. The summed E-state index contributed by atoms with van der Waals surface area (Å²) in [5, 5.41) is 0. The minimum atomic E-state index is -0.673. The highest BCUT2D eigenvalue weighted by molar-refractivity contribution is 5.78. The molecule has 0 bridgehead atoms. The molecular formula is C11H12F2O2. The Kier molecular flexibility index (Phi) is 3.91. The van der Waals surface area contributed by atoms with Crippen molar-refractivity contribution in [3.8, 4) is 0 Å². The van der Waals surface area contributed by atoms with Crippen LogP contribution in [0.3, 0.4) is 0 Å². The van der Waals surface area contributed by atoms with E-state index in [9.17, 15) is 13.6 Å². The Hall–Kier alpha value is -1.29. The van der Waals surface area contributed by atoms with Crippen molar-refractivity contribution < 1.29 is 18.3 Å². The molecule has 0 saturated carbocycles. The Morgan fingerprint density at radius 2 is 1.87 bits per heavy atom. The van der Waals surface area contributed by atoms with Crippen molar-refractivity contribution in [3.05, 3.63) is 34.9 Å². The Labute approximate surface area is 86.9 Å². The summed E-state index contributed by atoms with van der Waals surface area (Å²) in [5.74, 6) is -1.48. The number of rotatable bonds is 4. The predicted octanol–water partition coefficient (Wildman–Crippen LogP) is 2.24. The molecule has 0 spiro atoms. The molecule has 15 heavy (non-hydrogen) atoms. The molecule has 0 amide bonds. The van der Waals surface area contributed by atoms with Gasteiger partial charge in [-0.15, -0.1) is 0 Å². The van der Waals surface area contributed by atoms with Crippen LogP contribution in [0.25, 0.3) is 0 Å². The van der Waals surface area contributed by atoms with Gasteiger partial charge in [-0.25, -0.2) is 8.78 Å². The van der Waals surface area contributed by atoms with Crippen LogP contribution >= 0.6 is 0 Å². The molecule has 0 radical (unpaired) electrons. The van der Waals surface area contributed by atoms with Gasteiger partial charge in [0.1, 0.15) is 17.4 Å². The third kappa shape index (κ3) is 3.09. The third-order valence-corrected chi connectivity index (χ3v) is 1.94. The maximum absolute atomic E-state index is 13.3. The quantitative estimate of drug-likeness (QED) is 0.768. The summed E-state index contributed by atoms with van der Waals surface area (Å²) < 4.78 is 31.3. The monoisotopic (exact) mass is 214 g/mol. The van der Waals surface area contributed by atoms with Crippen molar-refractivity contribution in [2.45, 2.75) is 20.0 Å². The molecule has 82 valence electrons. The van der Waals surface area contributed by atoms with Crippen LogP contribution in [-0.2, 0) is 22.6 Å². The van der Waals surface area contributed by atoms with Crippen LogP contribution in [0.15, 0.2) is 12.1 Å². The first-order valence-corrected chi connectivity index (χ1v) is 4.49. The van der Waals surface area contributed by atoms with E-state index < -0.39 is 11.6 Å². The maximum Gasteiger partial charge on any atom is 0.134 e. The number of halogens is 2. The highest BCUT2D eigenvalue weighted by Gasteiger charge is 2.11. The van der Waals surface area contributed by atoms with Crippen LogP contribution in [0.2, 0.25) is 0 Å². The van der Waals surface area contributed by atoms with Crippen molar-refractivity contribution in [1.29, 1.82) is 0 Å². The topological polar surface area (TPSA) is 26.3 Å². The number of benzene rings is 1. The number of Topliss-reactive ketones (excluding diaryl/α,β-unsaturated/α-hetero) is 1. The first-order valence-electron chi connectivity index (χ1n) is 4.49. The van der Waals surface area contributed by atoms with Crippen LogP contribution in [0, 0.1) is 11.6 Å². The fourth-order valence-corrected chi connectivity index (χ4v) is 1.33. The number of ether oxygens (including phenoxy) is 1. The lowest BCUT2D eigenvalue weighted by Gasteiger charge is -2.06. The number of hydrogen-bond donors (Lipinski definition) is 0. The summed E-state index contributed by atoms with van der Waals surface area (Å²) in [7, 11) is 1.36. The van der Waals surface area contributed by atoms with E-state index in [4.69, 9.17) is 0 Å². The van der Waals surface area contributed by atoms with Gasteiger partial charge in [-0.3, -0.25) is 4.79 Å². The van der Waals surface area contributed by atoms with Crippen LogP contribution in [0.4, 0.5) is 8.78 Å². The molecule has 0 aliphatic heterocycles. The van der Waals surface area contributed by atoms with Crippen molar-refractivity contribution >= 4 is 5.78 Å². The number of hydrogen-bond acceptors (Lipinski definition) is 2. The Balaban J connectivity index is 3.02. The van der Waals surface area contributed by atoms with Gasteiger partial charge in [0.05, 0.1) is 6.61 Å². The zero-order valence-electron chi connectivity index (χ0n) is 8.64. The molecule has 4 heteroatoms. The summed E-state index contributed by atoms with van der Waals surface area (Å²) in [6.07, 6.45) is 0.0428. The second kappa shape index (κ2) is 4.98. The van der Waals surface area contributed by atoms with Crippen LogP contribution in [0.5, 0.6) is 0 Å². The number of ketones is 1. The summed E-state index contributed by atoms with van der Waals surface area (Å²) >= 11 is 0.